The van der Waals surface area contributed by atoms with Gasteiger partial charge in [-0.25, -0.2) is 9.18 Å². The van der Waals surface area contributed by atoms with E-state index >= 15 is 4.39 Å². The van der Waals surface area contributed by atoms with Crippen molar-refractivity contribution in [2.24, 2.45) is 7.05 Å². The lowest BCUT2D eigenvalue weighted by atomic mass is 9.94. The van der Waals surface area contributed by atoms with Crippen LogP contribution in [0.4, 0.5) is 14.9 Å². The van der Waals surface area contributed by atoms with Crippen LogP contribution in [0.1, 0.15) is 11.5 Å². The summed E-state index contributed by atoms with van der Waals surface area (Å²) in [5, 5.41) is 24.0. The summed E-state index contributed by atoms with van der Waals surface area (Å²) < 4.78 is 21.6. The Hall–Kier alpha value is -4.34. The fraction of sp³-hybridized carbons (Fsp3) is 0.174. The van der Waals surface area contributed by atoms with E-state index < -0.39 is 41.6 Å². The Morgan fingerprint density at radius 1 is 1.18 bits per heavy atom. The quantitative estimate of drug-likeness (QED) is 0.434. The fourth-order valence-corrected chi connectivity index (χ4v) is 3.25. The van der Waals surface area contributed by atoms with Crippen LogP contribution in [0.15, 0.2) is 59.5 Å². The summed E-state index contributed by atoms with van der Waals surface area (Å²) >= 11 is 0. The second-order valence-electron chi connectivity index (χ2n) is 7.16. The van der Waals surface area contributed by atoms with E-state index in [0.29, 0.717) is 11.3 Å². The number of nitrogens with one attached hydrogen (secondary N) is 2. The zero-order valence-corrected chi connectivity index (χ0v) is 17.8. The molecule has 0 bridgehead atoms. The monoisotopic (exact) mass is 455 g/mol. The smallest absolute Gasteiger partial charge is 0.319 e. The largest absolute Gasteiger partial charge is 0.505 e. The number of aromatic nitrogens is 1. The summed E-state index contributed by atoms with van der Waals surface area (Å²) in [6, 6.07) is 11.3. The minimum absolute atomic E-state index is 0.124. The van der Waals surface area contributed by atoms with Gasteiger partial charge in [0.25, 0.3) is 5.56 Å². The van der Waals surface area contributed by atoms with Crippen LogP contribution in [-0.2, 0) is 11.8 Å². The molecule has 4 N–H and O–H groups in total. The molecule has 0 saturated heterocycles. The van der Waals surface area contributed by atoms with Crippen LogP contribution < -0.4 is 20.9 Å². The van der Waals surface area contributed by atoms with Crippen molar-refractivity contribution in [3.8, 4) is 22.6 Å². The van der Waals surface area contributed by atoms with E-state index in [4.69, 9.17) is 4.74 Å². The maximum atomic E-state index is 15.3. The lowest BCUT2D eigenvalue weighted by molar-refractivity contribution is -0.138. The number of carboxylic acids is 1. The number of ether oxygens (including phenoxy) is 1. The van der Waals surface area contributed by atoms with Gasteiger partial charge in [0.15, 0.2) is 5.69 Å². The van der Waals surface area contributed by atoms with Crippen molar-refractivity contribution < 1.29 is 28.9 Å². The second-order valence-corrected chi connectivity index (χ2v) is 7.16. The molecular weight excluding hydrogens is 433 g/mol. The average Bonchev–Trinajstić information content (AvgIpc) is 2.80. The van der Waals surface area contributed by atoms with Crippen LogP contribution in [-0.4, -0.2) is 40.4 Å². The summed E-state index contributed by atoms with van der Waals surface area (Å²) in [5.41, 5.74) is -0.465. The number of carboxylic acid groups (broad SMARTS) is 1. The number of methoxy groups -OCH3 is 1. The standard InChI is InChI=1S/C23H22FN3O6/c1-27-10-9-18(28)20(21(27)29)26-23(32)25-12-17(22(30)31)16-8-4-7-15(19(16)24)13-5-3-6-14(11-13)33-2/h3-11,17,28H,12H2,1-2H3,(H,30,31)(H2,25,26,32). The molecule has 1 unspecified atom stereocenters. The second kappa shape index (κ2) is 9.86. The van der Waals surface area contributed by atoms with E-state index in [1.165, 1.54) is 44.6 Å². The summed E-state index contributed by atoms with van der Waals surface area (Å²) in [7, 11) is 2.91. The first-order chi connectivity index (χ1) is 15.7. The number of carbonyl (C=O) groups is 2. The fourth-order valence-electron chi connectivity index (χ4n) is 3.25. The summed E-state index contributed by atoms with van der Waals surface area (Å²) in [6.45, 7) is -0.465. The average molecular weight is 455 g/mol. The number of anilines is 1. The normalized spacial score (nSPS) is 11.5. The van der Waals surface area contributed by atoms with E-state index in [1.807, 2.05) is 0 Å². The lowest BCUT2D eigenvalue weighted by Gasteiger charge is -2.17. The number of rotatable bonds is 7. The molecule has 33 heavy (non-hydrogen) atoms. The van der Waals surface area contributed by atoms with Gasteiger partial charge in [-0.05, 0) is 23.8 Å². The number of aryl methyl sites for hydroxylation is 1. The lowest BCUT2D eigenvalue weighted by Crippen LogP contribution is -2.36. The number of amides is 2. The van der Waals surface area contributed by atoms with Gasteiger partial charge >= 0.3 is 12.0 Å². The molecule has 0 saturated carbocycles. The van der Waals surface area contributed by atoms with Crippen LogP contribution >= 0.6 is 0 Å². The topological polar surface area (TPSA) is 130 Å². The predicted molar refractivity (Wildman–Crippen MR) is 119 cm³/mol. The molecule has 2 amide bonds. The maximum absolute atomic E-state index is 15.3. The van der Waals surface area contributed by atoms with Gasteiger partial charge in [-0.2, -0.15) is 0 Å². The molecule has 9 nitrogen and oxygen atoms in total. The number of hydrogen-bond acceptors (Lipinski definition) is 5. The number of hydrogen-bond donors (Lipinski definition) is 4. The van der Waals surface area contributed by atoms with Crippen LogP contribution in [0.2, 0.25) is 0 Å². The van der Waals surface area contributed by atoms with Crippen molar-refractivity contribution in [3.63, 3.8) is 0 Å². The number of urea groups is 1. The minimum atomic E-state index is -1.41. The zero-order valence-electron chi connectivity index (χ0n) is 17.8. The number of benzene rings is 2. The molecule has 3 rings (SSSR count). The first-order valence-electron chi connectivity index (χ1n) is 9.82. The maximum Gasteiger partial charge on any atom is 0.319 e. The van der Waals surface area contributed by atoms with Crippen molar-refractivity contribution in [1.29, 1.82) is 0 Å². The summed E-state index contributed by atoms with van der Waals surface area (Å²) in [5.74, 6) is -3.43. The highest BCUT2D eigenvalue weighted by Crippen LogP contribution is 2.31. The Morgan fingerprint density at radius 3 is 2.61 bits per heavy atom. The van der Waals surface area contributed by atoms with Gasteiger partial charge in [0.05, 0.1) is 7.11 Å². The van der Waals surface area contributed by atoms with Gasteiger partial charge in [0.1, 0.15) is 23.2 Å². The number of nitrogens with zero attached hydrogens (tertiary/aromatic N) is 1. The Morgan fingerprint density at radius 2 is 1.91 bits per heavy atom. The highest BCUT2D eigenvalue weighted by atomic mass is 19.1. The van der Waals surface area contributed by atoms with Crippen LogP contribution in [0.5, 0.6) is 11.5 Å². The minimum Gasteiger partial charge on any atom is -0.505 e. The molecule has 10 heteroatoms. The van der Waals surface area contributed by atoms with E-state index in [-0.39, 0.29) is 16.8 Å². The molecule has 1 heterocycles. The van der Waals surface area contributed by atoms with Crippen molar-refractivity contribution >= 4 is 17.7 Å². The van der Waals surface area contributed by atoms with Crippen molar-refractivity contribution in [2.75, 3.05) is 19.0 Å². The molecule has 2 aromatic carbocycles. The Bertz CT molecular complexity index is 1260. The van der Waals surface area contributed by atoms with Crippen LogP contribution in [0.3, 0.4) is 0 Å². The van der Waals surface area contributed by atoms with Crippen molar-refractivity contribution in [1.82, 2.24) is 9.88 Å². The third kappa shape index (κ3) is 5.12. The Labute approximate surface area is 188 Å². The molecule has 1 aromatic heterocycles. The first-order valence-corrected chi connectivity index (χ1v) is 9.82. The van der Waals surface area contributed by atoms with Crippen LogP contribution in [0, 0.1) is 5.82 Å². The molecule has 0 aliphatic rings. The highest BCUT2D eigenvalue weighted by Gasteiger charge is 2.26. The number of halogens is 1. The Kier molecular flexibility index (Phi) is 6.97. The van der Waals surface area contributed by atoms with E-state index in [9.17, 15) is 24.6 Å². The summed E-state index contributed by atoms with van der Waals surface area (Å²) in [4.78, 5) is 36.2. The highest BCUT2D eigenvalue weighted by molar-refractivity contribution is 5.91. The van der Waals surface area contributed by atoms with E-state index in [1.54, 1.807) is 24.3 Å². The van der Waals surface area contributed by atoms with Crippen molar-refractivity contribution in [2.45, 2.75) is 5.92 Å². The van der Waals surface area contributed by atoms with Gasteiger partial charge in [-0.15, -0.1) is 0 Å². The van der Waals surface area contributed by atoms with Gasteiger partial charge in [-0.3, -0.25) is 9.59 Å². The van der Waals surface area contributed by atoms with E-state index in [2.05, 4.69) is 10.6 Å². The van der Waals surface area contributed by atoms with Crippen LogP contribution in [0.25, 0.3) is 11.1 Å². The molecule has 0 aliphatic carbocycles. The number of pyridine rings is 1. The molecule has 3 aromatic rings. The van der Waals surface area contributed by atoms with Gasteiger partial charge in [0, 0.05) is 30.9 Å². The molecule has 1 atom stereocenters. The third-order valence-electron chi connectivity index (χ3n) is 5.03. The predicted octanol–water partition coefficient (Wildman–Crippen LogP) is 2.90. The molecule has 0 aliphatic heterocycles. The zero-order chi connectivity index (χ0) is 24.1. The Balaban J connectivity index is 1.83. The van der Waals surface area contributed by atoms with Gasteiger partial charge in [-0.1, -0.05) is 30.3 Å². The molecule has 0 fully saturated rings. The molecular formula is C23H22FN3O6. The van der Waals surface area contributed by atoms with Gasteiger partial charge in [0.2, 0.25) is 0 Å². The first kappa shape index (κ1) is 23.3. The van der Waals surface area contributed by atoms with Crippen molar-refractivity contribution in [3.05, 3.63) is 76.5 Å². The number of aromatic hydroxyl groups is 1. The van der Waals surface area contributed by atoms with Gasteiger partial charge < -0.3 is 30.2 Å². The van der Waals surface area contributed by atoms with E-state index in [0.717, 1.165) is 4.57 Å². The number of aliphatic carboxylic acids is 1. The molecule has 0 radical (unpaired) electrons. The third-order valence-corrected chi connectivity index (χ3v) is 5.03. The molecule has 0 spiro atoms. The SMILES string of the molecule is COc1cccc(-c2cccc(C(CNC(=O)Nc3c(O)ccn(C)c3=O)C(=O)O)c2F)c1. The summed E-state index contributed by atoms with van der Waals surface area (Å²) in [6.07, 6.45) is 1.32. The molecule has 172 valence electrons. The number of carbonyl (C=O) groups excluding carboxylic acids is 1.